The molecule has 0 amide bonds. The largest absolute Gasteiger partial charge is 0.493 e. The zero-order valence-electron chi connectivity index (χ0n) is 22.0. The van der Waals surface area contributed by atoms with Crippen LogP contribution in [0.2, 0.25) is 0 Å². The fraction of sp³-hybridized carbons (Fsp3) is 0.321. The fourth-order valence-corrected chi connectivity index (χ4v) is 6.04. The lowest BCUT2D eigenvalue weighted by Gasteiger charge is -2.38. The van der Waals surface area contributed by atoms with Crippen LogP contribution in [-0.4, -0.2) is 34.9 Å². The number of methoxy groups -OCH3 is 2. The van der Waals surface area contributed by atoms with Gasteiger partial charge in [0.05, 0.1) is 24.7 Å². The van der Waals surface area contributed by atoms with Gasteiger partial charge in [-0.15, -0.1) is 0 Å². The topological polar surface area (TPSA) is 136 Å². The molecule has 2 aliphatic rings. The number of aromatic amines is 1. The van der Waals surface area contributed by atoms with Gasteiger partial charge in [0.15, 0.2) is 22.4 Å². The van der Waals surface area contributed by atoms with Crippen molar-refractivity contribution >= 4 is 29.1 Å². The lowest BCUT2D eigenvalue weighted by Crippen LogP contribution is -2.37. The quantitative estimate of drug-likeness (QED) is 0.177. The molecular weight excluding hydrogens is 520 g/mol. The molecule has 5 rings (SSSR count). The summed E-state index contributed by atoms with van der Waals surface area (Å²) in [6, 6.07) is 11.7. The summed E-state index contributed by atoms with van der Waals surface area (Å²) in [5, 5.41) is 14.8. The number of nitro groups is 1. The van der Waals surface area contributed by atoms with Crippen molar-refractivity contribution in [3.8, 4) is 11.5 Å². The van der Waals surface area contributed by atoms with E-state index in [1.54, 1.807) is 31.4 Å². The zero-order chi connectivity index (χ0) is 27.9. The van der Waals surface area contributed by atoms with Crippen LogP contribution in [0.1, 0.15) is 49.3 Å². The Labute approximate surface area is 229 Å². The number of benzene rings is 2. The number of carbonyl (C=O) groups is 1. The molecule has 10 nitrogen and oxygen atoms in total. The van der Waals surface area contributed by atoms with Gasteiger partial charge in [0.2, 0.25) is 0 Å². The number of rotatable bonds is 7. The van der Waals surface area contributed by atoms with Gasteiger partial charge >= 0.3 is 0 Å². The molecule has 1 aromatic heterocycles. The second-order valence-electron chi connectivity index (χ2n) is 10.4. The van der Waals surface area contributed by atoms with Crippen LogP contribution >= 0.6 is 11.8 Å². The minimum Gasteiger partial charge on any atom is -0.493 e. The van der Waals surface area contributed by atoms with Crippen LogP contribution in [0.3, 0.4) is 0 Å². The van der Waals surface area contributed by atoms with E-state index >= 15 is 0 Å². The first-order valence-electron chi connectivity index (χ1n) is 12.4. The van der Waals surface area contributed by atoms with E-state index in [9.17, 15) is 19.7 Å². The van der Waals surface area contributed by atoms with Gasteiger partial charge in [-0.05, 0) is 35.1 Å². The molecule has 2 aromatic carbocycles. The van der Waals surface area contributed by atoms with Crippen molar-refractivity contribution in [1.82, 2.24) is 9.97 Å². The van der Waals surface area contributed by atoms with Gasteiger partial charge in [-0.25, -0.2) is 4.98 Å². The number of nitrogens with one attached hydrogen (secondary N) is 2. The zero-order valence-corrected chi connectivity index (χ0v) is 22.8. The molecule has 2 N–H and O–H groups in total. The molecule has 0 saturated heterocycles. The Morgan fingerprint density at radius 1 is 1.10 bits per heavy atom. The Balaban J connectivity index is 1.58. The molecule has 0 spiro atoms. The summed E-state index contributed by atoms with van der Waals surface area (Å²) in [5.41, 5.74) is 2.53. The van der Waals surface area contributed by atoms with Gasteiger partial charge in [0.25, 0.3) is 11.2 Å². The number of thioether (sulfide) groups is 1. The highest BCUT2D eigenvalue weighted by atomic mass is 32.2. The highest BCUT2D eigenvalue weighted by molar-refractivity contribution is 7.98. The van der Waals surface area contributed by atoms with Gasteiger partial charge in [0.1, 0.15) is 5.82 Å². The Bertz CT molecular complexity index is 1580. The number of ether oxygens (including phenoxy) is 2. The lowest BCUT2D eigenvalue weighted by molar-refractivity contribution is -0.384. The number of hydrogen-bond acceptors (Lipinski definition) is 9. The van der Waals surface area contributed by atoms with Crippen LogP contribution in [-0.2, 0) is 10.5 Å². The Morgan fingerprint density at radius 2 is 1.87 bits per heavy atom. The van der Waals surface area contributed by atoms with Gasteiger partial charge in [0, 0.05) is 41.5 Å². The molecule has 1 aliphatic heterocycles. The predicted molar refractivity (Wildman–Crippen MR) is 148 cm³/mol. The SMILES string of the molecule is COc1ccc([C@@H]2C3=C(CC(C)(C)CC3=O)Nc3nc(SCc4cccc([N+](=O)[O-])c4)[nH]c(=O)c32)cc1OC. The predicted octanol–water partition coefficient (Wildman–Crippen LogP) is 5.19. The summed E-state index contributed by atoms with van der Waals surface area (Å²) in [6.07, 6.45) is 0.997. The van der Waals surface area contributed by atoms with Crippen LogP contribution in [0.5, 0.6) is 11.5 Å². The summed E-state index contributed by atoms with van der Waals surface area (Å²) in [5.74, 6) is 1.16. The molecule has 39 heavy (non-hydrogen) atoms. The summed E-state index contributed by atoms with van der Waals surface area (Å²) in [4.78, 5) is 45.3. The number of carbonyl (C=O) groups excluding carboxylic acids is 1. The molecule has 202 valence electrons. The highest BCUT2D eigenvalue weighted by Crippen LogP contribution is 2.48. The molecule has 2 heterocycles. The molecular formula is C28H28N4O6S. The van der Waals surface area contributed by atoms with Crippen molar-refractivity contribution in [1.29, 1.82) is 0 Å². The lowest BCUT2D eigenvalue weighted by atomic mass is 9.69. The summed E-state index contributed by atoms with van der Waals surface area (Å²) < 4.78 is 10.9. The van der Waals surface area contributed by atoms with Crippen LogP contribution in [0.25, 0.3) is 0 Å². The average molecular weight is 549 g/mol. The molecule has 0 saturated carbocycles. The van der Waals surface area contributed by atoms with Crippen molar-refractivity contribution in [3.63, 3.8) is 0 Å². The number of nitro benzene ring substituents is 1. The van der Waals surface area contributed by atoms with Crippen LogP contribution < -0.4 is 20.3 Å². The van der Waals surface area contributed by atoms with E-state index in [1.165, 1.54) is 31.0 Å². The summed E-state index contributed by atoms with van der Waals surface area (Å²) in [6.45, 7) is 4.09. The van der Waals surface area contributed by atoms with Crippen LogP contribution in [0.4, 0.5) is 11.5 Å². The third kappa shape index (κ3) is 5.14. The van der Waals surface area contributed by atoms with E-state index in [0.717, 1.165) is 16.8 Å². The number of aromatic nitrogens is 2. The van der Waals surface area contributed by atoms with E-state index in [0.29, 0.717) is 52.2 Å². The molecule has 0 fully saturated rings. The van der Waals surface area contributed by atoms with Crippen molar-refractivity contribution in [2.75, 3.05) is 19.5 Å². The number of nitrogens with zero attached hydrogens (tertiary/aromatic N) is 2. The van der Waals surface area contributed by atoms with Gasteiger partial charge in [-0.3, -0.25) is 19.7 Å². The first-order chi connectivity index (χ1) is 18.6. The normalized spacial score (nSPS) is 17.6. The molecule has 3 aromatic rings. The number of fused-ring (bicyclic) bond motifs is 1. The summed E-state index contributed by atoms with van der Waals surface area (Å²) >= 11 is 1.27. The maximum atomic E-state index is 13.6. The van der Waals surface area contributed by atoms with E-state index in [-0.39, 0.29) is 22.4 Å². The van der Waals surface area contributed by atoms with Crippen molar-refractivity contribution < 1.29 is 19.2 Å². The third-order valence-electron chi connectivity index (χ3n) is 6.94. The second-order valence-corrected chi connectivity index (χ2v) is 11.3. The van der Waals surface area contributed by atoms with Gasteiger partial charge < -0.3 is 19.8 Å². The molecule has 0 unspecified atom stereocenters. The average Bonchev–Trinajstić information content (AvgIpc) is 2.89. The Kier molecular flexibility index (Phi) is 6.94. The van der Waals surface area contributed by atoms with E-state index < -0.39 is 10.8 Å². The second kappa shape index (κ2) is 10.2. The third-order valence-corrected chi connectivity index (χ3v) is 7.88. The van der Waals surface area contributed by atoms with Crippen LogP contribution in [0.15, 0.2) is 63.7 Å². The molecule has 0 radical (unpaired) electrons. The fourth-order valence-electron chi connectivity index (χ4n) is 5.24. The Morgan fingerprint density at radius 3 is 2.59 bits per heavy atom. The Hall–Kier alpha value is -4.12. The first-order valence-corrected chi connectivity index (χ1v) is 13.3. The number of allylic oxidation sites excluding steroid dienone is 2. The first kappa shape index (κ1) is 26.5. The molecule has 1 aliphatic carbocycles. The number of H-pyrrole nitrogens is 1. The van der Waals surface area contributed by atoms with E-state index in [1.807, 2.05) is 19.9 Å². The number of anilines is 1. The number of hydrogen-bond donors (Lipinski definition) is 2. The number of Topliss-reactive ketones (excluding diaryl/α,β-unsaturated/α-hetero) is 1. The number of non-ortho nitro benzene ring substituents is 1. The monoisotopic (exact) mass is 548 g/mol. The molecule has 0 bridgehead atoms. The minimum atomic E-state index is -0.633. The summed E-state index contributed by atoms with van der Waals surface area (Å²) in [7, 11) is 3.09. The van der Waals surface area contributed by atoms with Crippen molar-refractivity contribution in [3.05, 3.63) is 90.9 Å². The van der Waals surface area contributed by atoms with Crippen LogP contribution in [0, 0.1) is 15.5 Å². The van der Waals surface area contributed by atoms with Gasteiger partial charge in [-0.1, -0.05) is 43.8 Å². The maximum Gasteiger partial charge on any atom is 0.269 e. The molecule has 11 heteroatoms. The van der Waals surface area contributed by atoms with Crippen molar-refractivity contribution in [2.24, 2.45) is 5.41 Å². The smallest absolute Gasteiger partial charge is 0.269 e. The van der Waals surface area contributed by atoms with E-state index in [4.69, 9.17) is 14.5 Å². The highest BCUT2D eigenvalue weighted by Gasteiger charge is 2.42. The molecule has 1 atom stereocenters. The van der Waals surface area contributed by atoms with Gasteiger partial charge in [-0.2, -0.15) is 0 Å². The number of ketones is 1. The maximum absolute atomic E-state index is 13.6. The standard InChI is InChI=1S/C28H28N4O6S/c1-28(2)12-18-23(19(33)13-28)22(16-8-9-20(37-3)21(11-16)38-4)24-25(29-18)30-27(31-26(24)34)39-14-15-6-5-7-17(10-15)32(35)36/h5-11,22H,12-14H2,1-4H3,(H2,29,30,31,34)/t22-/m1/s1. The van der Waals surface area contributed by atoms with E-state index in [2.05, 4.69) is 10.3 Å². The minimum absolute atomic E-state index is 0.00321. The van der Waals surface area contributed by atoms with Crippen molar-refractivity contribution in [2.45, 2.75) is 43.5 Å².